The molecule has 78 valence electrons. The summed E-state index contributed by atoms with van der Waals surface area (Å²) in [5.74, 6) is -3.92. The first-order valence-electron chi connectivity index (χ1n) is 4.59. The van der Waals surface area contributed by atoms with Crippen molar-refractivity contribution in [1.29, 1.82) is 0 Å². The van der Waals surface area contributed by atoms with E-state index in [2.05, 4.69) is 0 Å². The van der Waals surface area contributed by atoms with Crippen molar-refractivity contribution in [2.45, 2.75) is 31.5 Å². The third kappa shape index (κ3) is 1.05. The summed E-state index contributed by atoms with van der Waals surface area (Å²) < 4.78 is 5.45. The van der Waals surface area contributed by atoms with Gasteiger partial charge in [0.05, 0.1) is 17.6 Å². The first kappa shape index (κ1) is 9.45. The summed E-state index contributed by atoms with van der Waals surface area (Å²) in [5.41, 5.74) is -0.778. The molecule has 0 aliphatic carbocycles. The number of carboxylic acids is 2. The number of hydrogen-bond acceptors (Lipinski definition) is 3. The van der Waals surface area contributed by atoms with Crippen LogP contribution in [0.3, 0.4) is 0 Å². The summed E-state index contributed by atoms with van der Waals surface area (Å²) in [6.07, 6.45) is 0.869. The van der Waals surface area contributed by atoms with E-state index in [9.17, 15) is 9.59 Å². The van der Waals surface area contributed by atoms with Crippen LogP contribution < -0.4 is 0 Å². The maximum Gasteiger partial charge on any atom is 0.310 e. The van der Waals surface area contributed by atoms with Gasteiger partial charge >= 0.3 is 11.9 Å². The van der Waals surface area contributed by atoms with E-state index in [0.717, 1.165) is 0 Å². The Morgan fingerprint density at radius 1 is 1.36 bits per heavy atom. The van der Waals surface area contributed by atoms with Gasteiger partial charge in [0.25, 0.3) is 0 Å². The Balaban J connectivity index is 2.35. The molecule has 0 amide bonds. The van der Waals surface area contributed by atoms with Gasteiger partial charge in [0.15, 0.2) is 0 Å². The Kier molecular flexibility index (Phi) is 1.82. The number of hydrogen-bond donors (Lipinski definition) is 2. The fourth-order valence-corrected chi connectivity index (χ4v) is 2.69. The van der Waals surface area contributed by atoms with E-state index in [-0.39, 0.29) is 0 Å². The molecule has 5 nitrogen and oxygen atoms in total. The number of fused-ring (bicyclic) bond motifs is 2. The molecule has 0 unspecified atom stereocenters. The number of carbonyl (C=O) groups is 2. The van der Waals surface area contributed by atoms with Crippen molar-refractivity contribution < 1.29 is 24.5 Å². The second-order valence-electron chi connectivity index (χ2n) is 4.19. The Labute approximate surface area is 80.7 Å². The van der Waals surface area contributed by atoms with Crippen molar-refractivity contribution in [3.05, 3.63) is 0 Å². The van der Waals surface area contributed by atoms with E-state index in [1.54, 1.807) is 6.92 Å². The number of rotatable bonds is 2. The first-order valence-corrected chi connectivity index (χ1v) is 4.59. The number of aliphatic carboxylic acids is 2. The van der Waals surface area contributed by atoms with Gasteiger partial charge in [-0.25, -0.2) is 0 Å². The van der Waals surface area contributed by atoms with Crippen molar-refractivity contribution in [1.82, 2.24) is 0 Å². The van der Waals surface area contributed by atoms with Crippen LogP contribution in [0.15, 0.2) is 0 Å². The number of carboxylic acid groups (broad SMARTS) is 2. The van der Waals surface area contributed by atoms with Gasteiger partial charge in [0, 0.05) is 0 Å². The third-order valence-electron chi connectivity index (χ3n) is 3.31. The minimum absolute atomic E-state index is 0.418. The van der Waals surface area contributed by atoms with Gasteiger partial charge in [0.1, 0.15) is 5.92 Å². The van der Waals surface area contributed by atoms with Crippen LogP contribution in [0.1, 0.15) is 19.8 Å². The van der Waals surface area contributed by atoms with Crippen molar-refractivity contribution >= 4 is 11.9 Å². The van der Waals surface area contributed by atoms with Crippen molar-refractivity contribution in [2.24, 2.45) is 11.8 Å². The quantitative estimate of drug-likeness (QED) is 0.671. The van der Waals surface area contributed by atoms with Crippen LogP contribution in [0.2, 0.25) is 0 Å². The molecular formula is C9H12O5. The zero-order valence-corrected chi connectivity index (χ0v) is 7.77. The van der Waals surface area contributed by atoms with Gasteiger partial charge in [-0.1, -0.05) is 0 Å². The van der Waals surface area contributed by atoms with Gasteiger partial charge in [-0.15, -0.1) is 0 Å². The van der Waals surface area contributed by atoms with Gasteiger partial charge in [-0.2, -0.15) is 0 Å². The lowest BCUT2D eigenvalue weighted by atomic mass is 9.72. The highest BCUT2D eigenvalue weighted by molar-refractivity contribution is 5.82. The molecule has 0 spiro atoms. The molecule has 14 heavy (non-hydrogen) atoms. The molecule has 0 aromatic rings. The summed E-state index contributed by atoms with van der Waals surface area (Å²) in [4.78, 5) is 21.9. The van der Waals surface area contributed by atoms with E-state index in [0.29, 0.717) is 12.8 Å². The Bertz CT molecular complexity index is 300. The highest BCUT2D eigenvalue weighted by Crippen LogP contribution is 2.51. The maximum absolute atomic E-state index is 11.0. The summed E-state index contributed by atoms with van der Waals surface area (Å²) in [6, 6.07) is 0. The molecule has 2 aliphatic heterocycles. The monoisotopic (exact) mass is 200 g/mol. The molecule has 2 rings (SSSR count). The Morgan fingerprint density at radius 2 is 2.00 bits per heavy atom. The smallest absolute Gasteiger partial charge is 0.310 e. The van der Waals surface area contributed by atoms with Crippen LogP contribution in [-0.4, -0.2) is 33.9 Å². The van der Waals surface area contributed by atoms with E-state index >= 15 is 0 Å². The average molecular weight is 200 g/mol. The number of ether oxygens (including phenoxy) is 1. The van der Waals surface area contributed by atoms with Gasteiger partial charge in [0.2, 0.25) is 0 Å². The van der Waals surface area contributed by atoms with Gasteiger partial charge in [-0.05, 0) is 19.8 Å². The second-order valence-corrected chi connectivity index (χ2v) is 4.19. The standard InChI is InChI=1S/C9H12O5/c1-9-3-2-4(14-9)5(7(10)11)6(9)8(12)13/h4-6H,2-3H2,1H3,(H,10,11)(H,12,13)/t4-,5+,6+,9+/m1/s1. The fraction of sp³-hybridized carbons (Fsp3) is 0.778. The maximum atomic E-state index is 11.0. The SMILES string of the molecule is C[C@@]12CC[C@@H](O1)[C@H](C(=O)O)[C@H]2C(=O)O. The van der Waals surface area contributed by atoms with Crippen LogP contribution in [0, 0.1) is 11.8 Å². The summed E-state index contributed by atoms with van der Waals surface area (Å²) in [6.45, 7) is 1.69. The van der Waals surface area contributed by atoms with Gasteiger partial charge in [-0.3, -0.25) is 9.59 Å². The molecule has 4 atom stereocenters. The molecule has 2 N–H and O–H groups in total. The average Bonchev–Trinajstić information content (AvgIpc) is 2.55. The molecule has 5 heteroatoms. The minimum atomic E-state index is -1.07. The van der Waals surface area contributed by atoms with Gasteiger partial charge < -0.3 is 14.9 Å². The molecule has 2 bridgehead atoms. The van der Waals surface area contributed by atoms with Crippen molar-refractivity contribution in [3.8, 4) is 0 Å². The summed E-state index contributed by atoms with van der Waals surface area (Å²) in [5, 5.41) is 17.9. The predicted molar refractivity (Wildman–Crippen MR) is 44.8 cm³/mol. The lowest BCUT2D eigenvalue weighted by molar-refractivity contribution is -0.155. The highest BCUT2D eigenvalue weighted by Gasteiger charge is 2.62. The van der Waals surface area contributed by atoms with E-state index in [1.165, 1.54) is 0 Å². The topological polar surface area (TPSA) is 83.8 Å². The summed E-state index contributed by atoms with van der Waals surface area (Å²) in [7, 11) is 0. The minimum Gasteiger partial charge on any atom is -0.481 e. The predicted octanol–water partition coefficient (Wildman–Crippen LogP) is 0.339. The summed E-state index contributed by atoms with van der Waals surface area (Å²) >= 11 is 0. The lowest BCUT2D eigenvalue weighted by Crippen LogP contribution is -2.43. The molecule has 2 saturated heterocycles. The van der Waals surface area contributed by atoms with E-state index in [1.807, 2.05) is 0 Å². The molecular weight excluding hydrogens is 188 g/mol. The van der Waals surface area contributed by atoms with Crippen molar-refractivity contribution in [3.63, 3.8) is 0 Å². The molecule has 2 heterocycles. The van der Waals surface area contributed by atoms with Crippen molar-refractivity contribution in [2.75, 3.05) is 0 Å². The molecule has 0 saturated carbocycles. The Morgan fingerprint density at radius 3 is 2.43 bits per heavy atom. The normalized spacial score (nSPS) is 45.4. The van der Waals surface area contributed by atoms with Crippen LogP contribution in [-0.2, 0) is 14.3 Å². The van der Waals surface area contributed by atoms with Crippen LogP contribution in [0.5, 0.6) is 0 Å². The second kappa shape index (κ2) is 2.70. The molecule has 2 fully saturated rings. The van der Waals surface area contributed by atoms with Crippen LogP contribution >= 0.6 is 0 Å². The van der Waals surface area contributed by atoms with Crippen LogP contribution in [0.25, 0.3) is 0 Å². The third-order valence-corrected chi connectivity index (χ3v) is 3.31. The van der Waals surface area contributed by atoms with E-state index < -0.39 is 35.5 Å². The molecule has 0 aromatic carbocycles. The largest absolute Gasteiger partial charge is 0.481 e. The molecule has 2 aliphatic rings. The van der Waals surface area contributed by atoms with Crippen LogP contribution in [0.4, 0.5) is 0 Å². The first-order chi connectivity index (χ1) is 6.46. The zero-order valence-electron chi connectivity index (χ0n) is 7.77. The highest BCUT2D eigenvalue weighted by atomic mass is 16.5. The zero-order chi connectivity index (χ0) is 10.5. The molecule has 0 aromatic heterocycles. The fourth-order valence-electron chi connectivity index (χ4n) is 2.69. The van der Waals surface area contributed by atoms with E-state index in [4.69, 9.17) is 14.9 Å². The Hall–Kier alpha value is -1.10. The lowest BCUT2D eigenvalue weighted by Gasteiger charge is -2.28. The molecule has 0 radical (unpaired) electrons.